The first-order chi connectivity index (χ1) is 8.47. The summed E-state index contributed by atoms with van der Waals surface area (Å²) < 4.78 is 39.4. The van der Waals surface area contributed by atoms with E-state index < -0.39 is 28.9 Å². The van der Waals surface area contributed by atoms with Gasteiger partial charge in [0.15, 0.2) is 0 Å². The van der Waals surface area contributed by atoms with E-state index >= 15 is 0 Å². The van der Waals surface area contributed by atoms with E-state index in [1.54, 1.807) is 7.05 Å². The molecule has 1 amide bonds. The summed E-state index contributed by atoms with van der Waals surface area (Å²) in [5.41, 5.74) is -0.719. The van der Waals surface area contributed by atoms with Crippen LogP contribution in [0.3, 0.4) is 0 Å². The SMILES string of the molecule is CNCCCN(C)C(=O)c1c(F)cc(F)cc1F. The molecule has 1 rings (SSSR count). The Morgan fingerprint density at radius 2 is 1.83 bits per heavy atom. The molecule has 0 fully saturated rings. The zero-order valence-electron chi connectivity index (χ0n) is 10.3. The summed E-state index contributed by atoms with van der Waals surface area (Å²) in [6, 6.07) is 0.996. The largest absolute Gasteiger partial charge is 0.341 e. The molecule has 1 N–H and O–H groups in total. The normalized spacial score (nSPS) is 10.5. The van der Waals surface area contributed by atoms with Gasteiger partial charge in [-0.1, -0.05) is 0 Å². The Labute approximate surface area is 104 Å². The van der Waals surface area contributed by atoms with Gasteiger partial charge in [0, 0.05) is 25.7 Å². The first-order valence-electron chi connectivity index (χ1n) is 5.52. The van der Waals surface area contributed by atoms with Gasteiger partial charge in [-0.25, -0.2) is 13.2 Å². The van der Waals surface area contributed by atoms with Gasteiger partial charge in [-0.2, -0.15) is 0 Å². The maximum absolute atomic E-state index is 13.4. The van der Waals surface area contributed by atoms with Crippen molar-refractivity contribution in [2.45, 2.75) is 6.42 Å². The molecule has 0 aromatic heterocycles. The number of nitrogens with zero attached hydrogens (tertiary/aromatic N) is 1. The third-order valence-electron chi connectivity index (χ3n) is 2.49. The average molecular weight is 260 g/mol. The quantitative estimate of drug-likeness (QED) is 0.819. The zero-order chi connectivity index (χ0) is 13.7. The van der Waals surface area contributed by atoms with Crippen molar-refractivity contribution in [1.82, 2.24) is 10.2 Å². The maximum atomic E-state index is 13.4. The Bertz CT molecular complexity index is 414. The lowest BCUT2D eigenvalue weighted by atomic mass is 10.1. The second kappa shape index (κ2) is 6.39. The van der Waals surface area contributed by atoms with Crippen LogP contribution >= 0.6 is 0 Å². The molecule has 0 saturated carbocycles. The van der Waals surface area contributed by atoms with Crippen molar-refractivity contribution in [3.05, 3.63) is 35.1 Å². The first kappa shape index (κ1) is 14.5. The summed E-state index contributed by atoms with van der Waals surface area (Å²) in [6.45, 7) is 1.04. The van der Waals surface area contributed by atoms with Crippen LogP contribution in [0.4, 0.5) is 13.2 Å². The van der Waals surface area contributed by atoms with Crippen molar-refractivity contribution in [3.8, 4) is 0 Å². The zero-order valence-corrected chi connectivity index (χ0v) is 10.3. The van der Waals surface area contributed by atoms with E-state index in [-0.39, 0.29) is 0 Å². The third kappa shape index (κ3) is 3.46. The van der Waals surface area contributed by atoms with Crippen LogP contribution in [0.25, 0.3) is 0 Å². The van der Waals surface area contributed by atoms with Gasteiger partial charge < -0.3 is 10.2 Å². The summed E-state index contributed by atoms with van der Waals surface area (Å²) in [5.74, 6) is -4.20. The van der Waals surface area contributed by atoms with Crippen LogP contribution in [-0.2, 0) is 0 Å². The van der Waals surface area contributed by atoms with E-state index in [1.165, 1.54) is 11.9 Å². The minimum atomic E-state index is -1.18. The van der Waals surface area contributed by atoms with Crippen LogP contribution in [0.1, 0.15) is 16.8 Å². The van der Waals surface area contributed by atoms with Crippen LogP contribution in [0, 0.1) is 17.5 Å². The highest BCUT2D eigenvalue weighted by Crippen LogP contribution is 2.16. The lowest BCUT2D eigenvalue weighted by Gasteiger charge is -2.17. The highest BCUT2D eigenvalue weighted by Gasteiger charge is 2.21. The number of hydrogen-bond donors (Lipinski definition) is 1. The molecule has 6 heteroatoms. The summed E-state index contributed by atoms with van der Waals surface area (Å²) in [5, 5.41) is 2.90. The molecule has 1 aromatic rings. The fraction of sp³-hybridized carbons (Fsp3) is 0.417. The van der Waals surface area contributed by atoms with Crippen LogP contribution in [0.5, 0.6) is 0 Å². The monoisotopic (exact) mass is 260 g/mol. The molecule has 0 atom stereocenters. The van der Waals surface area contributed by atoms with Crippen LogP contribution in [-0.4, -0.2) is 38.0 Å². The number of hydrogen-bond acceptors (Lipinski definition) is 2. The minimum absolute atomic E-state index is 0.357. The first-order valence-corrected chi connectivity index (χ1v) is 5.52. The van der Waals surface area contributed by atoms with Gasteiger partial charge in [0.05, 0.1) is 0 Å². The topological polar surface area (TPSA) is 32.3 Å². The van der Waals surface area contributed by atoms with Crippen molar-refractivity contribution in [3.63, 3.8) is 0 Å². The predicted octanol–water partition coefficient (Wildman–Crippen LogP) is 1.79. The Morgan fingerprint density at radius 1 is 1.28 bits per heavy atom. The summed E-state index contributed by atoms with van der Waals surface area (Å²) in [4.78, 5) is 13.0. The number of rotatable bonds is 5. The lowest BCUT2D eigenvalue weighted by molar-refractivity contribution is 0.0784. The molecule has 0 unspecified atom stereocenters. The maximum Gasteiger partial charge on any atom is 0.259 e. The number of halogens is 3. The van der Waals surface area contributed by atoms with E-state index in [4.69, 9.17) is 0 Å². The van der Waals surface area contributed by atoms with E-state index in [0.29, 0.717) is 31.6 Å². The molecule has 0 aliphatic rings. The predicted molar refractivity (Wildman–Crippen MR) is 61.8 cm³/mol. The molecule has 1 aromatic carbocycles. The van der Waals surface area contributed by atoms with Gasteiger partial charge in [0.2, 0.25) is 0 Å². The molecule has 0 spiro atoms. The standard InChI is InChI=1S/C12H15F3N2O/c1-16-4-3-5-17(2)12(18)11-9(14)6-8(13)7-10(11)15/h6-7,16H,3-5H2,1-2H3. The van der Waals surface area contributed by atoms with Gasteiger partial charge in [-0.3, -0.25) is 4.79 Å². The number of carbonyl (C=O) groups excluding carboxylic acids is 1. The van der Waals surface area contributed by atoms with Gasteiger partial charge in [0.1, 0.15) is 23.0 Å². The summed E-state index contributed by atoms with van der Waals surface area (Å²) in [6.07, 6.45) is 0.656. The van der Waals surface area contributed by atoms with Crippen molar-refractivity contribution in [2.24, 2.45) is 0 Å². The highest BCUT2D eigenvalue weighted by molar-refractivity contribution is 5.94. The molecular formula is C12H15F3N2O. The van der Waals surface area contributed by atoms with Gasteiger partial charge in [-0.15, -0.1) is 0 Å². The van der Waals surface area contributed by atoms with Crippen molar-refractivity contribution in [2.75, 3.05) is 27.2 Å². The van der Waals surface area contributed by atoms with Crippen LogP contribution in [0.15, 0.2) is 12.1 Å². The molecule has 0 aliphatic heterocycles. The highest BCUT2D eigenvalue weighted by atomic mass is 19.1. The van der Waals surface area contributed by atoms with Crippen molar-refractivity contribution >= 4 is 5.91 Å². The molecular weight excluding hydrogens is 245 g/mol. The Balaban J connectivity index is 2.83. The number of benzene rings is 1. The number of carbonyl (C=O) groups is 1. The number of amides is 1. The van der Waals surface area contributed by atoms with Crippen molar-refractivity contribution in [1.29, 1.82) is 0 Å². The second-order valence-electron chi connectivity index (χ2n) is 3.93. The van der Waals surface area contributed by atoms with Gasteiger partial charge >= 0.3 is 0 Å². The smallest absolute Gasteiger partial charge is 0.259 e. The Hall–Kier alpha value is -1.56. The third-order valence-corrected chi connectivity index (χ3v) is 2.49. The molecule has 0 heterocycles. The van der Waals surface area contributed by atoms with Crippen LogP contribution < -0.4 is 5.32 Å². The van der Waals surface area contributed by atoms with E-state index in [0.717, 1.165) is 0 Å². The molecule has 3 nitrogen and oxygen atoms in total. The minimum Gasteiger partial charge on any atom is -0.341 e. The number of nitrogens with one attached hydrogen (secondary N) is 1. The Kier molecular flexibility index (Phi) is 5.15. The fourth-order valence-electron chi connectivity index (χ4n) is 1.53. The molecule has 100 valence electrons. The molecule has 18 heavy (non-hydrogen) atoms. The molecule has 0 saturated heterocycles. The second-order valence-corrected chi connectivity index (χ2v) is 3.93. The van der Waals surface area contributed by atoms with Gasteiger partial charge in [-0.05, 0) is 20.0 Å². The van der Waals surface area contributed by atoms with Gasteiger partial charge in [0.25, 0.3) is 5.91 Å². The van der Waals surface area contributed by atoms with E-state index in [1.807, 2.05) is 0 Å². The Morgan fingerprint density at radius 3 is 2.33 bits per heavy atom. The molecule has 0 bridgehead atoms. The van der Waals surface area contributed by atoms with Crippen molar-refractivity contribution < 1.29 is 18.0 Å². The van der Waals surface area contributed by atoms with Crippen LogP contribution in [0.2, 0.25) is 0 Å². The van der Waals surface area contributed by atoms with E-state index in [2.05, 4.69) is 5.32 Å². The molecule has 0 radical (unpaired) electrons. The summed E-state index contributed by atoms with van der Waals surface area (Å²) >= 11 is 0. The average Bonchev–Trinajstić information content (AvgIpc) is 2.27. The summed E-state index contributed by atoms with van der Waals surface area (Å²) in [7, 11) is 3.21. The fourth-order valence-corrected chi connectivity index (χ4v) is 1.53. The lowest BCUT2D eigenvalue weighted by Crippen LogP contribution is -2.30. The van der Waals surface area contributed by atoms with E-state index in [9.17, 15) is 18.0 Å². The molecule has 0 aliphatic carbocycles.